The van der Waals surface area contributed by atoms with Gasteiger partial charge in [-0.15, -0.1) is 0 Å². The van der Waals surface area contributed by atoms with Gasteiger partial charge in [0.1, 0.15) is 23.5 Å². The molecular weight excluding hydrogens is 470 g/mol. The normalized spacial score (nSPS) is 14.5. The Balaban J connectivity index is 1.63. The third-order valence-corrected chi connectivity index (χ3v) is 5.20. The van der Waals surface area contributed by atoms with Crippen LogP contribution in [0, 0.1) is 10.1 Å². The Labute approximate surface area is 203 Å². The zero-order valence-corrected chi connectivity index (χ0v) is 18.4. The first-order valence-corrected chi connectivity index (χ1v) is 10.4. The summed E-state index contributed by atoms with van der Waals surface area (Å²) in [5, 5.41) is 22.5. The molecule has 3 aromatic carbocycles. The van der Waals surface area contributed by atoms with Crippen LogP contribution < -0.4 is 15.0 Å². The van der Waals surface area contributed by atoms with Gasteiger partial charge in [0, 0.05) is 12.1 Å². The highest BCUT2D eigenvalue weighted by molar-refractivity contribution is 6.39. The third kappa shape index (κ3) is 4.94. The SMILES string of the molecule is O=C1NC(=O)N(c2ccc([N+](=O)[O-])cc2)C(=O)C1=Cc1ccc(OCc2ccccc2)c(C(=O)O)c1. The second-order valence-corrected chi connectivity index (χ2v) is 7.57. The molecular formula is C25H17N3O8. The number of nitrogens with zero attached hydrogens (tertiary/aromatic N) is 2. The number of amides is 4. The lowest BCUT2D eigenvalue weighted by atomic mass is 10.0. The number of carboxylic acids is 1. The van der Waals surface area contributed by atoms with Gasteiger partial charge in [0.15, 0.2) is 0 Å². The molecule has 1 fully saturated rings. The molecule has 36 heavy (non-hydrogen) atoms. The van der Waals surface area contributed by atoms with Crippen LogP contribution in [-0.2, 0) is 16.2 Å². The quantitative estimate of drug-likeness (QED) is 0.222. The fourth-order valence-corrected chi connectivity index (χ4v) is 3.45. The van der Waals surface area contributed by atoms with E-state index < -0.39 is 34.3 Å². The number of carboxylic acid groups (broad SMARTS) is 1. The van der Waals surface area contributed by atoms with Gasteiger partial charge in [-0.25, -0.2) is 14.5 Å². The lowest BCUT2D eigenvalue weighted by molar-refractivity contribution is -0.384. The van der Waals surface area contributed by atoms with Crippen molar-refractivity contribution >= 4 is 41.3 Å². The summed E-state index contributed by atoms with van der Waals surface area (Å²) in [4.78, 5) is 60.5. The molecule has 0 bridgehead atoms. The summed E-state index contributed by atoms with van der Waals surface area (Å²) in [5.74, 6) is -3.13. The number of benzene rings is 3. The van der Waals surface area contributed by atoms with Crippen LogP contribution in [-0.4, -0.2) is 33.8 Å². The van der Waals surface area contributed by atoms with E-state index in [9.17, 15) is 34.4 Å². The molecule has 4 rings (SSSR count). The van der Waals surface area contributed by atoms with E-state index >= 15 is 0 Å². The predicted molar refractivity (Wildman–Crippen MR) is 126 cm³/mol. The van der Waals surface area contributed by atoms with Crippen molar-refractivity contribution in [2.24, 2.45) is 0 Å². The standard InChI is InChI=1S/C25H17N3O8/c29-22-20(23(30)27(25(33)26-22)17-7-9-18(10-8-17)28(34)35)13-16-6-11-21(19(12-16)24(31)32)36-14-15-4-2-1-3-5-15/h1-13H,14H2,(H,31,32)(H,26,29,33). The molecule has 1 aliphatic heterocycles. The van der Waals surface area contributed by atoms with Crippen LogP contribution in [0.1, 0.15) is 21.5 Å². The van der Waals surface area contributed by atoms with Crippen molar-refractivity contribution in [1.29, 1.82) is 0 Å². The summed E-state index contributed by atoms with van der Waals surface area (Å²) in [6, 6.07) is 16.8. The Kier molecular flexibility index (Phi) is 6.55. The molecule has 1 heterocycles. The Bertz CT molecular complexity index is 1410. The van der Waals surface area contributed by atoms with Gasteiger partial charge < -0.3 is 9.84 Å². The van der Waals surface area contributed by atoms with E-state index in [-0.39, 0.29) is 34.9 Å². The second kappa shape index (κ2) is 9.89. The Morgan fingerprint density at radius 2 is 1.72 bits per heavy atom. The van der Waals surface area contributed by atoms with Crippen LogP contribution in [0.25, 0.3) is 6.08 Å². The fourth-order valence-electron chi connectivity index (χ4n) is 3.45. The molecule has 4 amide bonds. The van der Waals surface area contributed by atoms with Crippen molar-refractivity contribution in [2.75, 3.05) is 4.90 Å². The van der Waals surface area contributed by atoms with Crippen LogP contribution in [0.5, 0.6) is 5.75 Å². The first-order valence-electron chi connectivity index (χ1n) is 10.4. The zero-order chi connectivity index (χ0) is 25.8. The molecule has 0 spiro atoms. The molecule has 180 valence electrons. The number of non-ortho nitro benzene ring substituents is 1. The zero-order valence-electron chi connectivity index (χ0n) is 18.4. The summed E-state index contributed by atoms with van der Waals surface area (Å²) in [6.07, 6.45) is 1.15. The van der Waals surface area contributed by atoms with E-state index in [0.717, 1.165) is 23.8 Å². The van der Waals surface area contributed by atoms with Crippen molar-refractivity contribution in [2.45, 2.75) is 6.61 Å². The number of hydrogen-bond acceptors (Lipinski definition) is 7. The topological polar surface area (TPSA) is 156 Å². The maximum atomic E-state index is 13.0. The van der Waals surface area contributed by atoms with Crippen molar-refractivity contribution in [3.05, 3.63) is 105 Å². The number of urea groups is 1. The van der Waals surface area contributed by atoms with Gasteiger partial charge in [0.25, 0.3) is 17.5 Å². The summed E-state index contributed by atoms with van der Waals surface area (Å²) >= 11 is 0. The molecule has 3 aromatic rings. The Hall–Kier alpha value is -5.32. The van der Waals surface area contributed by atoms with Crippen LogP contribution in [0.15, 0.2) is 78.4 Å². The minimum atomic E-state index is -1.28. The number of carbonyl (C=O) groups excluding carboxylic acids is 3. The van der Waals surface area contributed by atoms with Gasteiger partial charge in [0.05, 0.1) is 10.6 Å². The minimum Gasteiger partial charge on any atom is -0.488 e. The summed E-state index contributed by atoms with van der Waals surface area (Å²) in [5.41, 5.74) is 0.189. The minimum absolute atomic E-state index is 0.0115. The number of rotatable bonds is 7. The summed E-state index contributed by atoms with van der Waals surface area (Å²) in [7, 11) is 0. The monoisotopic (exact) mass is 487 g/mol. The van der Waals surface area contributed by atoms with E-state index in [1.165, 1.54) is 30.3 Å². The lowest BCUT2D eigenvalue weighted by Crippen LogP contribution is -2.54. The summed E-state index contributed by atoms with van der Waals surface area (Å²) in [6.45, 7) is 0.134. The first kappa shape index (κ1) is 23.8. The number of carbonyl (C=O) groups is 4. The largest absolute Gasteiger partial charge is 0.488 e. The van der Waals surface area contributed by atoms with Gasteiger partial charge in [-0.3, -0.25) is 25.0 Å². The Morgan fingerprint density at radius 3 is 2.36 bits per heavy atom. The summed E-state index contributed by atoms with van der Waals surface area (Å²) < 4.78 is 5.64. The fraction of sp³-hybridized carbons (Fsp3) is 0.0400. The number of nitro benzene ring substituents is 1. The van der Waals surface area contributed by atoms with Crippen LogP contribution in [0.3, 0.4) is 0 Å². The van der Waals surface area contributed by atoms with E-state index in [2.05, 4.69) is 0 Å². The van der Waals surface area contributed by atoms with E-state index in [1.54, 1.807) is 0 Å². The Morgan fingerprint density at radius 1 is 1.03 bits per heavy atom. The number of ether oxygens (including phenoxy) is 1. The maximum Gasteiger partial charge on any atom is 0.339 e. The number of aromatic carboxylic acids is 1. The van der Waals surface area contributed by atoms with Crippen LogP contribution in [0.2, 0.25) is 0 Å². The molecule has 0 aliphatic carbocycles. The number of nitro groups is 1. The van der Waals surface area contributed by atoms with Gasteiger partial charge in [-0.2, -0.15) is 0 Å². The van der Waals surface area contributed by atoms with E-state index in [0.29, 0.717) is 4.90 Å². The van der Waals surface area contributed by atoms with Crippen LogP contribution in [0.4, 0.5) is 16.2 Å². The van der Waals surface area contributed by atoms with E-state index in [1.807, 2.05) is 35.6 Å². The highest BCUT2D eigenvalue weighted by Crippen LogP contribution is 2.26. The maximum absolute atomic E-state index is 13.0. The molecule has 0 radical (unpaired) electrons. The molecule has 2 N–H and O–H groups in total. The molecule has 11 heteroatoms. The molecule has 0 unspecified atom stereocenters. The molecule has 0 aromatic heterocycles. The number of anilines is 1. The molecule has 1 aliphatic rings. The van der Waals surface area contributed by atoms with Gasteiger partial charge in [-0.1, -0.05) is 36.4 Å². The molecule has 0 atom stereocenters. The molecule has 11 nitrogen and oxygen atoms in total. The average molecular weight is 487 g/mol. The van der Waals surface area contributed by atoms with Gasteiger partial charge in [-0.05, 0) is 41.5 Å². The molecule has 0 saturated carbocycles. The number of imide groups is 2. The van der Waals surface area contributed by atoms with Crippen molar-refractivity contribution in [1.82, 2.24) is 5.32 Å². The van der Waals surface area contributed by atoms with Crippen LogP contribution >= 0.6 is 0 Å². The average Bonchev–Trinajstić information content (AvgIpc) is 2.86. The predicted octanol–water partition coefficient (Wildman–Crippen LogP) is 3.54. The number of hydrogen-bond donors (Lipinski definition) is 2. The highest BCUT2D eigenvalue weighted by Gasteiger charge is 2.37. The van der Waals surface area contributed by atoms with Crippen molar-refractivity contribution in [3.63, 3.8) is 0 Å². The number of nitrogens with one attached hydrogen (secondary N) is 1. The van der Waals surface area contributed by atoms with E-state index in [4.69, 9.17) is 4.74 Å². The smallest absolute Gasteiger partial charge is 0.339 e. The first-order chi connectivity index (χ1) is 17.2. The lowest BCUT2D eigenvalue weighted by Gasteiger charge is -2.26. The second-order valence-electron chi connectivity index (χ2n) is 7.57. The van der Waals surface area contributed by atoms with Gasteiger partial charge in [0.2, 0.25) is 0 Å². The number of barbiturate groups is 1. The van der Waals surface area contributed by atoms with Crippen molar-refractivity contribution < 1.29 is 33.9 Å². The highest BCUT2D eigenvalue weighted by atomic mass is 16.6. The van der Waals surface area contributed by atoms with Crippen molar-refractivity contribution in [3.8, 4) is 5.75 Å². The molecule has 1 saturated heterocycles. The third-order valence-electron chi connectivity index (χ3n) is 5.20. The van der Waals surface area contributed by atoms with Gasteiger partial charge >= 0.3 is 12.0 Å².